The number of aliphatic carboxylic acids is 2. The van der Waals surface area contributed by atoms with Crippen LogP contribution in [-0.2, 0) is 30.6 Å². The van der Waals surface area contributed by atoms with Gasteiger partial charge in [0.05, 0.1) is 17.5 Å². The van der Waals surface area contributed by atoms with Crippen LogP contribution in [0.5, 0.6) is 5.75 Å². The number of nitrogens with zero attached hydrogens (tertiary/aromatic N) is 6. The number of nitrogen functional groups attached to an aromatic ring is 1. The van der Waals surface area contributed by atoms with Gasteiger partial charge in [-0.05, 0) is 25.3 Å². The van der Waals surface area contributed by atoms with E-state index >= 15 is 0 Å². The fourth-order valence-corrected chi connectivity index (χ4v) is 7.57. The number of carbonyl (C=O) groups excluding carboxylic acids is 3. The molecule has 5 heterocycles. The Morgan fingerprint density at radius 2 is 1.93 bits per heavy atom. The SMILES string of the molecule is CC(C)(O/N=C(\C(=O)C[C@@H]1C(=O)N2C(C(=O)O)=C(C[n+]3cnc(NCCN)c(NCCCC(=O)c4cc(=O)c(O)cn4O)c3)CSC12)c1csc(N)n1)C(=O)O. The van der Waals surface area contributed by atoms with Gasteiger partial charge in [0, 0.05) is 55.2 Å². The Labute approximate surface area is 325 Å². The van der Waals surface area contributed by atoms with E-state index in [0.717, 1.165) is 28.5 Å². The number of Topliss-reactive ketones (excluding diaryl/α,β-unsaturated/α-hetero) is 2. The van der Waals surface area contributed by atoms with Crippen molar-refractivity contribution >= 4 is 74.9 Å². The first-order chi connectivity index (χ1) is 26.5. The number of amides is 1. The van der Waals surface area contributed by atoms with Crippen molar-refractivity contribution in [2.24, 2.45) is 16.8 Å². The molecule has 1 amide bonds. The molecule has 3 aromatic rings. The van der Waals surface area contributed by atoms with Crippen LogP contribution in [0.4, 0.5) is 16.6 Å². The van der Waals surface area contributed by atoms with Crippen LogP contribution in [0.2, 0.25) is 0 Å². The lowest BCUT2D eigenvalue weighted by molar-refractivity contribution is -0.691. The number of nitrogens with two attached hydrogens (primary N) is 2. The number of aromatic nitrogens is 4. The number of rotatable bonds is 19. The average molecular weight is 816 g/mol. The van der Waals surface area contributed by atoms with E-state index in [0.29, 0.717) is 34.9 Å². The van der Waals surface area contributed by atoms with E-state index in [1.165, 1.54) is 37.3 Å². The molecule has 0 spiro atoms. The van der Waals surface area contributed by atoms with Crippen molar-refractivity contribution in [3.63, 3.8) is 0 Å². The summed E-state index contributed by atoms with van der Waals surface area (Å²) in [4.78, 5) is 90.4. The normalized spacial score (nSPS) is 16.9. The summed E-state index contributed by atoms with van der Waals surface area (Å²) in [5.41, 5.74) is 8.90. The number of anilines is 3. The summed E-state index contributed by atoms with van der Waals surface area (Å²) in [6, 6.07) is 0.845. The van der Waals surface area contributed by atoms with Gasteiger partial charge in [-0.2, -0.15) is 4.73 Å². The lowest BCUT2D eigenvalue weighted by atomic mass is 9.89. The highest BCUT2D eigenvalue weighted by Gasteiger charge is 2.54. The molecule has 10 N–H and O–H groups in total. The zero-order chi connectivity index (χ0) is 40.9. The van der Waals surface area contributed by atoms with Gasteiger partial charge < -0.3 is 47.5 Å². The van der Waals surface area contributed by atoms with E-state index < -0.39 is 57.5 Å². The predicted molar refractivity (Wildman–Crippen MR) is 200 cm³/mol. The molecule has 1 unspecified atom stereocenters. The molecule has 0 radical (unpaired) electrons. The highest BCUT2D eigenvalue weighted by molar-refractivity contribution is 8.00. The molecule has 23 heteroatoms. The summed E-state index contributed by atoms with van der Waals surface area (Å²) in [5, 5.41) is 50.0. The molecule has 0 aliphatic carbocycles. The topological polar surface area (TPSA) is 319 Å². The quantitative estimate of drug-likeness (QED) is 0.0151. The molecule has 298 valence electrons. The molecule has 0 saturated carbocycles. The Bertz CT molecular complexity index is 2190. The first kappa shape index (κ1) is 41.1. The van der Waals surface area contributed by atoms with Gasteiger partial charge >= 0.3 is 11.9 Å². The van der Waals surface area contributed by atoms with E-state index in [1.807, 2.05) is 0 Å². The molecule has 3 aromatic heterocycles. The number of thioether (sulfide) groups is 1. The molecule has 21 nitrogen and oxygen atoms in total. The molecule has 1 fully saturated rings. The number of carbonyl (C=O) groups is 5. The number of carboxylic acids is 2. The van der Waals surface area contributed by atoms with E-state index in [4.69, 9.17) is 16.3 Å². The summed E-state index contributed by atoms with van der Waals surface area (Å²) in [6.07, 6.45) is 3.71. The summed E-state index contributed by atoms with van der Waals surface area (Å²) in [6.45, 7) is 3.43. The number of pyridine rings is 1. The third-order valence-electron chi connectivity index (χ3n) is 8.56. The minimum atomic E-state index is -1.79. The number of oxime groups is 1. The zero-order valence-corrected chi connectivity index (χ0v) is 31.6. The smallest absolute Gasteiger partial charge is 0.352 e. The maximum Gasteiger partial charge on any atom is 0.352 e. The largest absolute Gasteiger partial charge is 0.503 e. The van der Waals surface area contributed by atoms with Crippen LogP contribution in [0, 0.1) is 5.92 Å². The van der Waals surface area contributed by atoms with Gasteiger partial charge in [-0.15, -0.1) is 23.1 Å². The molecule has 56 heavy (non-hydrogen) atoms. The van der Waals surface area contributed by atoms with Crippen LogP contribution in [0.25, 0.3) is 0 Å². The monoisotopic (exact) mass is 815 g/mol. The number of hydrogen-bond donors (Lipinski definition) is 8. The van der Waals surface area contributed by atoms with Gasteiger partial charge in [0.15, 0.2) is 28.2 Å². The Balaban J connectivity index is 1.29. The molecular weight excluding hydrogens is 777 g/mol. The minimum Gasteiger partial charge on any atom is -0.503 e. The van der Waals surface area contributed by atoms with Gasteiger partial charge in [0.1, 0.15) is 35.5 Å². The van der Waals surface area contributed by atoms with Gasteiger partial charge in [-0.1, -0.05) is 5.16 Å². The summed E-state index contributed by atoms with van der Waals surface area (Å²) in [5.74, 6) is -5.48. The highest BCUT2D eigenvalue weighted by atomic mass is 32.2. The molecule has 2 atom stereocenters. The van der Waals surface area contributed by atoms with Gasteiger partial charge in [0.2, 0.25) is 16.9 Å². The van der Waals surface area contributed by atoms with Crippen molar-refractivity contribution in [2.75, 3.05) is 41.8 Å². The summed E-state index contributed by atoms with van der Waals surface area (Å²) < 4.78 is 2.01. The third-order valence-corrected chi connectivity index (χ3v) is 10.6. The average Bonchev–Trinajstić information content (AvgIpc) is 3.58. The number of ketones is 2. The van der Waals surface area contributed by atoms with Crippen LogP contribution < -0.4 is 32.1 Å². The Morgan fingerprint density at radius 1 is 1.18 bits per heavy atom. The second kappa shape index (κ2) is 17.2. The Kier molecular flexibility index (Phi) is 12.6. The first-order valence-corrected chi connectivity index (χ1v) is 18.8. The lowest BCUT2D eigenvalue weighted by Gasteiger charge is -2.49. The molecule has 0 aromatic carbocycles. The van der Waals surface area contributed by atoms with Crippen molar-refractivity contribution in [3.05, 3.63) is 63.0 Å². The maximum atomic E-state index is 13.5. The highest BCUT2D eigenvalue weighted by Crippen LogP contribution is 2.45. The fourth-order valence-electron chi connectivity index (χ4n) is 5.62. The number of β-lactam (4-membered cyclic amide) rings is 1. The zero-order valence-electron chi connectivity index (χ0n) is 30.0. The van der Waals surface area contributed by atoms with E-state index in [1.54, 1.807) is 10.8 Å². The third kappa shape index (κ3) is 9.06. The first-order valence-electron chi connectivity index (χ1n) is 16.9. The van der Waals surface area contributed by atoms with Gasteiger partial charge in [0.25, 0.3) is 12.1 Å². The number of fused-ring (bicyclic) bond motifs is 1. The molecule has 5 rings (SSSR count). The van der Waals surface area contributed by atoms with Gasteiger partial charge in [-0.3, -0.25) is 24.1 Å². The van der Waals surface area contributed by atoms with Crippen LogP contribution >= 0.6 is 23.1 Å². The van der Waals surface area contributed by atoms with Crippen molar-refractivity contribution in [1.82, 2.24) is 19.6 Å². The van der Waals surface area contributed by atoms with E-state index in [2.05, 4.69) is 25.8 Å². The number of aromatic hydroxyl groups is 1. The van der Waals surface area contributed by atoms with Gasteiger partial charge in [-0.25, -0.2) is 19.1 Å². The fraction of sp³-hybridized carbons (Fsp3) is 0.394. The maximum absolute atomic E-state index is 13.5. The second-order valence-electron chi connectivity index (χ2n) is 13.0. The van der Waals surface area contributed by atoms with E-state index in [-0.39, 0.29) is 66.0 Å². The summed E-state index contributed by atoms with van der Waals surface area (Å²) >= 11 is 2.29. The molecule has 2 aliphatic rings. The Hall–Kier alpha value is -6.07. The lowest BCUT2D eigenvalue weighted by Crippen LogP contribution is -2.62. The van der Waals surface area contributed by atoms with Crippen molar-refractivity contribution < 1.29 is 53.9 Å². The number of nitrogens with one attached hydrogen (secondary N) is 2. The Morgan fingerprint density at radius 3 is 2.59 bits per heavy atom. The van der Waals surface area contributed by atoms with Crippen molar-refractivity contribution in [1.29, 1.82) is 0 Å². The van der Waals surface area contributed by atoms with Crippen molar-refractivity contribution in [2.45, 2.75) is 50.6 Å². The van der Waals surface area contributed by atoms with Crippen molar-refractivity contribution in [3.8, 4) is 5.75 Å². The van der Waals surface area contributed by atoms with Crippen LogP contribution in [0.15, 0.2) is 51.4 Å². The number of hydrogen-bond acceptors (Lipinski definition) is 18. The molecular formula is C33H39N10O11S2+. The van der Waals surface area contributed by atoms with Crippen LogP contribution in [0.1, 0.15) is 49.3 Å². The number of thiazole rings is 1. The molecule has 2 aliphatic heterocycles. The minimum absolute atomic E-state index is 0.0275. The molecule has 0 bridgehead atoms. The molecule has 1 saturated heterocycles. The van der Waals surface area contributed by atoms with Crippen LogP contribution in [0.3, 0.4) is 0 Å². The summed E-state index contributed by atoms with van der Waals surface area (Å²) in [7, 11) is 0. The van der Waals surface area contributed by atoms with E-state index in [9.17, 15) is 49.3 Å². The predicted octanol–water partition coefficient (Wildman–Crippen LogP) is 0.0713. The number of carboxylic acid groups (broad SMARTS) is 2. The van der Waals surface area contributed by atoms with Crippen LogP contribution in [-0.4, -0.2) is 112 Å². The standard InChI is InChI=1S/C33H38N10O11S2/c1-33(2,31(51)52)54-40-25(19-14-56-32(35)39-19)23(46)8-17-28(48)43-26(30(49)50)16(13-55-29(17)43)10-41-11-18(27(38-15-41)37-7-5-34)36-6-3-4-21(44)20-9-22(45)24(47)12-42(20)53/h9,11-12,14-15,17,29,36,53H,3-8,10,13,34H2,1-2H3,(H5,35,39,47,49,50,51,52)/p+1/b40-25-/t17-,29?/m1/s1. The second-order valence-corrected chi connectivity index (χ2v) is 15.0.